The summed E-state index contributed by atoms with van der Waals surface area (Å²) in [5, 5.41) is 0. The molecule has 0 N–H and O–H groups in total. The lowest BCUT2D eigenvalue weighted by molar-refractivity contribution is -0.177. The Morgan fingerprint density at radius 2 is 1.79 bits per heavy atom. The molecule has 1 aromatic carbocycles. The number of carbonyl (C=O) groups is 2. The van der Waals surface area contributed by atoms with Gasteiger partial charge in [0.2, 0.25) is 0 Å². The molecular weight excluding hydrogens is 450 g/mol. The van der Waals surface area contributed by atoms with Gasteiger partial charge in [0.25, 0.3) is 5.91 Å². The molecule has 1 amide bonds. The number of rotatable bonds is 6. The largest absolute Gasteiger partial charge is 0.455 e. The van der Waals surface area contributed by atoms with Crippen LogP contribution in [0.1, 0.15) is 68.6 Å². The third-order valence-electron chi connectivity index (χ3n) is 9.25. The van der Waals surface area contributed by atoms with E-state index >= 15 is 0 Å². The van der Waals surface area contributed by atoms with E-state index in [1.165, 1.54) is 23.1 Å². The van der Waals surface area contributed by atoms with Crippen molar-refractivity contribution >= 4 is 21.7 Å². The summed E-state index contributed by atoms with van der Waals surface area (Å²) >= 11 is 0. The minimum absolute atomic E-state index is 0.00626. The number of benzene rings is 1. The number of aryl methyl sites for hydroxylation is 2. The zero-order chi connectivity index (χ0) is 24.3. The van der Waals surface area contributed by atoms with Gasteiger partial charge in [0.05, 0.1) is 16.9 Å². The Labute approximate surface area is 203 Å². The monoisotopic (exact) mass is 487 g/mol. The van der Waals surface area contributed by atoms with Gasteiger partial charge in [0.1, 0.15) is 0 Å². The van der Waals surface area contributed by atoms with Crippen molar-refractivity contribution in [3.63, 3.8) is 0 Å². The van der Waals surface area contributed by atoms with Crippen LogP contribution < -0.4 is 0 Å². The third kappa shape index (κ3) is 4.08. The molecule has 0 aromatic heterocycles. The number of hydrogen-bond donors (Lipinski definition) is 0. The number of nitrogens with zero attached hydrogens (tertiary/aromatic N) is 1. The molecule has 5 aliphatic rings. The minimum atomic E-state index is -3.09. The second-order valence-corrected chi connectivity index (χ2v) is 13.9. The molecule has 186 valence electrons. The molecule has 34 heavy (non-hydrogen) atoms. The molecule has 1 aromatic rings. The summed E-state index contributed by atoms with van der Waals surface area (Å²) in [6, 6.07) is 6.47. The van der Waals surface area contributed by atoms with E-state index in [0.29, 0.717) is 24.8 Å². The van der Waals surface area contributed by atoms with Crippen molar-refractivity contribution in [2.75, 3.05) is 24.7 Å². The Balaban J connectivity index is 1.31. The quantitative estimate of drug-likeness (QED) is 0.572. The predicted octanol–water partition coefficient (Wildman–Crippen LogP) is 3.72. The summed E-state index contributed by atoms with van der Waals surface area (Å²) < 4.78 is 29.5. The van der Waals surface area contributed by atoms with Gasteiger partial charge in [0.15, 0.2) is 16.4 Å². The molecule has 4 saturated carbocycles. The van der Waals surface area contributed by atoms with E-state index in [1.807, 2.05) is 6.92 Å². The summed E-state index contributed by atoms with van der Waals surface area (Å²) in [5.41, 5.74) is 3.47. The van der Waals surface area contributed by atoms with Gasteiger partial charge in [-0.1, -0.05) is 18.2 Å². The highest BCUT2D eigenvalue weighted by molar-refractivity contribution is 7.91. The second kappa shape index (κ2) is 8.35. The number of amides is 1. The molecule has 7 heteroatoms. The molecule has 0 spiro atoms. The first-order chi connectivity index (χ1) is 16.0. The SMILES string of the molecule is CCN(C(=O)COC(=O)C12CC3CC(C1)CC(c1ccc(C)c(C)c1)(C3)C2)C1CCS(=O)(=O)C1. The number of carbonyl (C=O) groups excluding carboxylic acids is 2. The van der Waals surface area contributed by atoms with Crippen LogP contribution in [0.4, 0.5) is 0 Å². The van der Waals surface area contributed by atoms with Crippen LogP contribution in [-0.2, 0) is 29.6 Å². The predicted molar refractivity (Wildman–Crippen MR) is 130 cm³/mol. The molecule has 3 atom stereocenters. The van der Waals surface area contributed by atoms with E-state index in [-0.39, 0.29) is 41.4 Å². The molecular formula is C27H37NO5S. The molecule has 6 nitrogen and oxygen atoms in total. The van der Waals surface area contributed by atoms with Gasteiger partial charge >= 0.3 is 5.97 Å². The van der Waals surface area contributed by atoms with Crippen molar-refractivity contribution in [3.05, 3.63) is 34.9 Å². The van der Waals surface area contributed by atoms with Gasteiger partial charge in [-0.15, -0.1) is 0 Å². The standard InChI is InChI=1S/C27H37NO5S/c1-4-28(23-7-8-34(31,32)16-23)24(29)15-33-25(30)27-13-20-10-21(14-27)12-26(11-20,17-27)22-6-5-18(2)19(3)9-22/h5-6,9,20-21,23H,4,7-8,10-17H2,1-3H3. The van der Waals surface area contributed by atoms with Crippen molar-refractivity contribution in [3.8, 4) is 0 Å². The molecule has 1 heterocycles. The van der Waals surface area contributed by atoms with Crippen molar-refractivity contribution < 1.29 is 22.7 Å². The van der Waals surface area contributed by atoms with Gasteiger partial charge in [0, 0.05) is 12.6 Å². The average Bonchev–Trinajstić information content (AvgIpc) is 3.12. The van der Waals surface area contributed by atoms with Crippen LogP contribution in [0.2, 0.25) is 0 Å². The van der Waals surface area contributed by atoms with Crippen LogP contribution in [0, 0.1) is 31.1 Å². The topological polar surface area (TPSA) is 80.8 Å². The highest BCUT2D eigenvalue weighted by Gasteiger charge is 2.61. The molecule has 0 radical (unpaired) electrons. The Morgan fingerprint density at radius 1 is 1.09 bits per heavy atom. The third-order valence-corrected chi connectivity index (χ3v) is 11.0. The fourth-order valence-electron chi connectivity index (χ4n) is 7.93. The highest BCUT2D eigenvalue weighted by atomic mass is 32.2. The normalized spacial score (nSPS) is 35.3. The summed E-state index contributed by atoms with van der Waals surface area (Å²) in [4.78, 5) is 28.0. The lowest BCUT2D eigenvalue weighted by Crippen LogP contribution is -2.57. The van der Waals surface area contributed by atoms with E-state index in [1.54, 1.807) is 4.90 Å². The van der Waals surface area contributed by atoms with E-state index in [2.05, 4.69) is 32.0 Å². The molecule has 3 unspecified atom stereocenters. The highest BCUT2D eigenvalue weighted by Crippen LogP contribution is 2.66. The van der Waals surface area contributed by atoms with Gasteiger partial charge in [-0.05, 0) is 99.7 Å². The van der Waals surface area contributed by atoms with Gasteiger partial charge in [-0.25, -0.2) is 8.42 Å². The molecule has 4 bridgehead atoms. The van der Waals surface area contributed by atoms with Gasteiger partial charge in [-0.2, -0.15) is 0 Å². The number of sulfone groups is 1. The van der Waals surface area contributed by atoms with E-state index in [0.717, 1.165) is 32.1 Å². The molecule has 1 saturated heterocycles. The molecule has 6 rings (SSSR count). The fourth-order valence-corrected chi connectivity index (χ4v) is 9.66. The van der Waals surface area contributed by atoms with E-state index in [4.69, 9.17) is 4.74 Å². The maximum absolute atomic E-state index is 13.5. The van der Waals surface area contributed by atoms with E-state index < -0.39 is 15.3 Å². The average molecular weight is 488 g/mol. The first kappa shape index (κ1) is 23.8. The maximum Gasteiger partial charge on any atom is 0.312 e. The number of hydrogen-bond acceptors (Lipinski definition) is 5. The van der Waals surface area contributed by atoms with Crippen LogP contribution in [0.5, 0.6) is 0 Å². The lowest BCUT2D eigenvalue weighted by Gasteiger charge is -2.61. The van der Waals surface area contributed by atoms with Crippen LogP contribution in [-0.4, -0.2) is 55.9 Å². The number of ether oxygens (including phenoxy) is 1. The Hall–Kier alpha value is -1.89. The maximum atomic E-state index is 13.5. The number of likely N-dealkylation sites (N-methyl/N-ethyl adjacent to an activating group) is 1. The minimum Gasteiger partial charge on any atom is -0.455 e. The fraction of sp³-hybridized carbons (Fsp3) is 0.704. The van der Waals surface area contributed by atoms with Crippen LogP contribution in [0.25, 0.3) is 0 Å². The van der Waals surface area contributed by atoms with Gasteiger partial charge < -0.3 is 9.64 Å². The summed E-state index contributed by atoms with van der Waals surface area (Å²) in [5.74, 6) is 0.675. The van der Waals surface area contributed by atoms with E-state index in [9.17, 15) is 18.0 Å². The number of esters is 1. The summed E-state index contributed by atoms with van der Waals surface area (Å²) in [7, 11) is -3.09. The van der Waals surface area contributed by atoms with Crippen molar-refractivity contribution in [2.45, 2.75) is 77.2 Å². The van der Waals surface area contributed by atoms with Crippen molar-refractivity contribution in [2.24, 2.45) is 17.3 Å². The van der Waals surface area contributed by atoms with Gasteiger partial charge in [-0.3, -0.25) is 9.59 Å². The smallest absolute Gasteiger partial charge is 0.312 e. The Morgan fingerprint density at radius 3 is 2.38 bits per heavy atom. The van der Waals surface area contributed by atoms with Crippen LogP contribution in [0.3, 0.4) is 0 Å². The van der Waals surface area contributed by atoms with Crippen molar-refractivity contribution in [1.82, 2.24) is 4.90 Å². The zero-order valence-corrected chi connectivity index (χ0v) is 21.5. The first-order valence-electron chi connectivity index (χ1n) is 12.8. The van der Waals surface area contributed by atoms with Crippen molar-refractivity contribution in [1.29, 1.82) is 0 Å². The van der Waals surface area contributed by atoms with Crippen LogP contribution in [0.15, 0.2) is 18.2 Å². The summed E-state index contributed by atoms with van der Waals surface area (Å²) in [6.07, 6.45) is 6.46. The van der Waals surface area contributed by atoms with Crippen LogP contribution >= 0.6 is 0 Å². The first-order valence-corrected chi connectivity index (χ1v) is 14.6. The Kier molecular flexibility index (Phi) is 5.85. The molecule has 4 aliphatic carbocycles. The lowest BCUT2D eigenvalue weighted by atomic mass is 9.43. The molecule has 5 fully saturated rings. The zero-order valence-electron chi connectivity index (χ0n) is 20.6. The molecule has 1 aliphatic heterocycles. The second-order valence-electron chi connectivity index (χ2n) is 11.6. The summed E-state index contributed by atoms with van der Waals surface area (Å²) in [6.45, 7) is 6.26. The Bertz CT molecular complexity index is 1100.